The lowest BCUT2D eigenvalue weighted by molar-refractivity contribution is 0.122. The summed E-state index contributed by atoms with van der Waals surface area (Å²) >= 11 is 1.70. The monoisotopic (exact) mass is 486 g/mol. The summed E-state index contributed by atoms with van der Waals surface area (Å²) in [5.41, 5.74) is 2.26. The molecule has 0 saturated carbocycles. The molecule has 0 N–H and O–H groups in total. The van der Waals surface area contributed by atoms with Gasteiger partial charge < -0.3 is 9.64 Å². The molecule has 2 saturated heterocycles. The first-order chi connectivity index (χ1) is 15.9. The van der Waals surface area contributed by atoms with E-state index in [-0.39, 0.29) is 0 Å². The second-order valence-corrected chi connectivity index (χ2v) is 11.5. The van der Waals surface area contributed by atoms with Crippen LogP contribution in [-0.4, -0.2) is 91.3 Å². The van der Waals surface area contributed by atoms with E-state index in [0.29, 0.717) is 50.8 Å². The van der Waals surface area contributed by atoms with Gasteiger partial charge in [0.05, 0.1) is 29.7 Å². The number of piperazine rings is 1. The van der Waals surface area contributed by atoms with Gasteiger partial charge in [0.2, 0.25) is 10.0 Å². The number of fused-ring (bicyclic) bond motifs is 1. The molecule has 0 aliphatic carbocycles. The summed E-state index contributed by atoms with van der Waals surface area (Å²) in [7, 11) is -3.13. The molecular formula is C22H26N6O3S2. The van der Waals surface area contributed by atoms with Crippen LogP contribution in [0.4, 0.5) is 5.82 Å². The topological polar surface area (TPSA) is 91.8 Å². The molecule has 0 aromatic carbocycles. The van der Waals surface area contributed by atoms with Crippen LogP contribution in [0.2, 0.25) is 0 Å². The number of pyridine rings is 1. The Labute approximate surface area is 198 Å². The minimum Gasteiger partial charge on any atom is -0.378 e. The molecule has 2 radical (unpaired) electrons. The predicted octanol–water partition coefficient (Wildman–Crippen LogP) is 1.73. The first kappa shape index (κ1) is 22.6. The highest BCUT2D eigenvalue weighted by atomic mass is 32.2. The average molecular weight is 487 g/mol. The van der Waals surface area contributed by atoms with E-state index in [1.807, 2.05) is 6.07 Å². The Balaban J connectivity index is 1.45. The van der Waals surface area contributed by atoms with Crippen molar-refractivity contribution < 1.29 is 13.2 Å². The zero-order chi connectivity index (χ0) is 23.0. The van der Waals surface area contributed by atoms with Gasteiger partial charge in [0.25, 0.3) is 0 Å². The van der Waals surface area contributed by atoms with Gasteiger partial charge in [-0.25, -0.2) is 18.4 Å². The number of anilines is 1. The molecular weight excluding hydrogens is 460 g/mol. The maximum absolute atomic E-state index is 11.8. The molecule has 11 heteroatoms. The fourth-order valence-corrected chi connectivity index (χ4v) is 6.16. The van der Waals surface area contributed by atoms with Crippen molar-refractivity contribution in [1.82, 2.24) is 24.2 Å². The summed E-state index contributed by atoms with van der Waals surface area (Å²) in [5.74, 6) is 1.52. The van der Waals surface area contributed by atoms with Gasteiger partial charge in [0.15, 0.2) is 11.6 Å². The van der Waals surface area contributed by atoms with E-state index >= 15 is 0 Å². The molecule has 0 bridgehead atoms. The highest BCUT2D eigenvalue weighted by molar-refractivity contribution is 7.88. The first-order valence-electron chi connectivity index (χ1n) is 10.9. The highest BCUT2D eigenvalue weighted by Gasteiger charge is 2.25. The van der Waals surface area contributed by atoms with Gasteiger partial charge in [-0.1, -0.05) is 0 Å². The van der Waals surface area contributed by atoms with Crippen LogP contribution in [0.1, 0.15) is 10.4 Å². The Morgan fingerprint density at radius 3 is 2.52 bits per heavy atom. The first-order valence-corrected chi connectivity index (χ1v) is 13.5. The van der Waals surface area contributed by atoms with E-state index in [0.717, 1.165) is 41.2 Å². The van der Waals surface area contributed by atoms with Crippen molar-refractivity contribution in [3.8, 4) is 11.4 Å². The molecule has 5 rings (SSSR count). The van der Waals surface area contributed by atoms with Crippen molar-refractivity contribution in [3.05, 3.63) is 41.9 Å². The predicted molar refractivity (Wildman–Crippen MR) is 129 cm³/mol. The zero-order valence-corrected chi connectivity index (χ0v) is 20.1. The summed E-state index contributed by atoms with van der Waals surface area (Å²) in [6, 6.07) is 3.96. The number of nitrogens with zero attached hydrogens (tertiary/aromatic N) is 6. The maximum Gasteiger partial charge on any atom is 0.211 e. The highest BCUT2D eigenvalue weighted by Crippen LogP contribution is 2.35. The number of hydrogen-bond donors (Lipinski definition) is 0. The quantitative estimate of drug-likeness (QED) is 0.539. The van der Waals surface area contributed by atoms with Crippen LogP contribution >= 0.6 is 11.3 Å². The summed E-state index contributed by atoms with van der Waals surface area (Å²) in [6.07, 6.45) is 4.61. The molecule has 2 aliphatic rings. The van der Waals surface area contributed by atoms with E-state index in [2.05, 4.69) is 20.9 Å². The SMILES string of the molecule is [CH]c1cncc(-c2nc(N3CCOCC3)c3sc(CN4CCN(S(C)(=O)=O)CC4)cc3n2)c1. The summed E-state index contributed by atoms with van der Waals surface area (Å²) in [6.45, 7) is 12.1. The van der Waals surface area contributed by atoms with Crippen molar-refractivity contribution in [2.45, 2.75) is 6.54 Å². The number of hydrogen-bond acceptors (Lipinski definition) is 9. The third-order valence-corrected chi connectivity index (χ3v) is 8.32. The van der Waals surface area contributed by atoms with Gasteiger partial charge in [0, 0.05) is 75.6 Å². The lowest BCUT2D eigenvalue weighted by atomic mass is 10.2. The van der Waals surface area contributed by atoms with Crippen LogP contribution in [0.3, 0.4) is 0 Å². The van der Waals surface area contributed by atoms with Gasteiger partial charge in [-0.3, -0.25) is 9.88 Å². The van der Waals surface area contributed by atoms with Crippen LogP contribution in [0.15, 0.2) is 24.5 Å². The van der Waals surface area contributed by atoms with Crippen LogP contribution in [-0.2, 0) is 21.3 Å². The molecule has 5 heterocycles. The smallest absolute Gasteiger partial charge is 0.211 e. The van der Waals surface area contributed by atoms with Crippen molar-refractivity contribution in [3.63, 3.8) is 0 Å². The summed E-state index contributed by atoms with van der Waals surface area (Å²) in [4.78, 5) is 19.7. The second-order valence-electron chi connectivity index (χ2n) is 8.34. The Bertz CT molecular complexity index is 1250. The van der Waals surface area contributed by atoms with Crippen LogP contribution in [0.25, 0.3) is 21.6 Å². The standard InChI is InChI=1S/C22H26N6O3S2/c1-16-11-17(14-23-13-16)21-24-19-12-18(15-26-3-5-28(6-4-26)33(2,29)30)32-20(19)22(25-21)27-7-9-31-10-8-27/h1,11-14H,3-10,15H2,2H3. The number of sulfonamides is 1. The normalized spacial score (nSPS) is 18.8. The lowest BCUT2D eigenvalue weighted by Crippen LogP contribution is -2.47. The van der Waals surface area contributed by atoms with Gasteiger partial charge in [-0.2, -0.15) is 4.31 Å². The fraction of sp³-hybridized carbons (Fsp3) is 0.455. The molecule has 3 aromatic rings. The van der Waals surface area contributed by atoms with E-state index in [9.17, 15) is 8.42 Å². The molecule has 0 unspecified atom stereocenters. The third kappa shape index (κ3) is 5.02. The van der Waals surface area contributed by atoms with E-state index < -0.39 is 10.0 Å². The average Bonchev–Trinajstić information content (AvgIpc) is 3.21. The second kappa shape index (κ2) is 9.22. The zero-order valence-electron chi connectivity index (χ0n) is 18.5. The number of rotatable bonds is 5. The van der Waals surface area contributed by atoms with Gasteiger partial charge in [0.1, 0.15) is 0 Å². The van der Waals surface area contributed by atoms with Crippen LogP contribution in [0.5, 0.6) is 0 Å². The van der Waals surface area contributed by atoms with E-state index in [1.54, 1.807) is 28.0 Å². The van der Waals surface area contributed by atoms with E-state index in [4.69, 9.17) is 21.6 Å². The number of morpholine rings is 1. The fourth-order valence-electron chi connectivity index (χ4n) is 4.18. The minimum absolute atomic E-state index is 0.523. The number of ether oxygens (including phenoxy) is 1. The van der Waals surface area contributed by atoms with Gasteiger partial charge >= 0.3 is 0 Å². The molecule has 9 nitrogen and oxygen atoms in total. The maximum atomic E-state index is 11.8. The van der Waals surface area contributed by atoms with E-state index in [1.165, 1.54) is 11.1 Å². The van der Waals surface area contributed by atoms with Gasteiger partial charge in [-0.15, -0.1) is 11.3 Å². The van der Waals surface area contributed by atoms with Crippen molar-refractivity contribution in [2.24, 2.45) is 0 Å². The van der Waals surface area contributed by atoms with Crippen molar-refractivity contribution in [1.29, 1.82) is 0 Å². The summed E-state index contributed by atoms with van der Waals surface area (Å²) in [5, 5.41) is 0. The molecule has 0 atom stereocenters. The lowest BCUT2D eigenvalue weighted by Gasteiger charge is -2.32. The molecule has 3 aromatic heterocycles. The minimum atomic E-state index is -3.13. The van der Waals surface area contributed by atoms with Crippen molar-refractivity contribution >= 4 is 37.4 Å². The molecule has 33 heavy (non-hydrogen) atoms. The third-order valence-electron chi connectivity index (χ3n) is 5.91. The Morgan fingerprint density at radius 2 is 1.82 bits per heavy atom. The van der Waals surface area contributed by atoms with Crippen LogP contribution in [0, 0.1) is 6.92 Å². The molecule has 0 amide bonds. The Morgan fingerprint density at radius 1 is 1.06 bits per heavy atom. The number of aromatic nitrogens is 3. The molecule has 0 spiro atoms. The molecule has 2 aliphatic heterocycles. The Hall–Kier alpha value is -2.18. The van der Waals surface area contributed by atoms with Crippen molar-refractivity contribution in [2.75, 3.05) is 63.6 Å². The summed E-state index contributed by atoms with van der Waals surface area (Å²) < 4.78 is 31.7. The largest absolute Gasteiger partial charge is 0.378 e. The Kier molecular flexibility index (Phi) is 6.32. The molecule has 2 fully saturated rings. The van der Waals surface area contributed by atoms with Gasteiger partial charge in [-0.05, 0) is 17.7 Å². The number of thiophene rings is 1. The molecule has 174 valence electrons. The van der Waals surface area contributed by atoms with Crippen LogP contribution < -0.4 is 4.90 Å².